The SMILES string of the molecule is CC/C=C\C/C=C\C/C=C\C/C=C\C/C=C\C/C=C\CCC(=O)NC(COP(=O)(O)OCC[N+](C)(C)C)C(/C=C\CCCCCCCCCCCCC)OC(=O)CCCCCCCCC/C=C\CCCCCC. The van der Waals surface area contributed by atoms with Crippen molar-refractivity contribution in [3.8, 4) is 0 Å². The van der Waals surface area contributed by atoms with Gasteiger partial charge in [0.25, 0.3) is 0 Å². The lowest BCUT2D eigenvalue weighted by molar-refractivity contribution is -0.870. The number of quaternary nitrogens is 1. The maximum absolute atomic E-state index is 13.5. The molecule has 0 heterocycles. The number of hydrogen-bond acceptors (Lipinski definition) is 6. The van der Waals surface area contributed by atoms with Crippen molar-refractivity contribution in [3.63, 3.8) is 0 Å². The van der Waals surface area contributed by atoms with E-state index < -0.39 is 20.0 Å². The van der Waals surface area contributed by atoms with Gasteiger partial charge in [0.1, 0.15) is 19.3 Å². The predicted molar refractivity (Wildman–Crippen MR) is 314 cm³/mol. The van der Waals surface area contributed by atoms with Crippen LogP contribution in [-0.4, -0.2) is 74.3 Å². The number of allylic oxidation sites excluding steroid dienone is 15. The number of unbranched alkanes of at least 4 members (excludes halogenated alkanes) is 22. The van der Waals surface area contributed by atoms with Crippen molar-refractivity contribution in [1.29, 1.82) is 0 Å². The lowest BCUT2D eigenvalue weighted by Gasteiger charge is -2.27. The third-order valence-corrected chi connectivity index (χ3v) is 13.5. The number of carbonyl (C=O) groups is 2. The van der Waals surface area contributed by atoms with Gasteiger partial charge in [-0.2, -0.15) is 0 Å². The number of amides is 1. The van der Waals surface area contributed by atoms with E-state index >= 15 is 0 Å². The van der Waals surface area contributed by atoms with Gasteiger partial charge in [0.2, 0.25) is 5.91 Å². The molecule has 0 aliphatic rings. The molecule has 3 unspecified atom stereocenters. The minimum absolute atomic E-state index is 0.0220. The Morgan fingerprint density at radius 1 is 0.493 bits per heavy atom. The van der Waals surface area contributed by atoms with Crippen LogP contribution in [0.2, 0.25) is 0 Å². The van der Waals surface area contributed by atoms with Gasteiger partial charge in [0, 0.05) is 12.8 Å². The minimum atomic E-state index is -4.47. The summed E-state index contributed by atoms with van der Waals surface area (Å²) in [6.07, 6.45) is 69.9. The molecule has 0 bridgehead atoms. The molecule has 2 N–H and O–H groups in total. The van der Waals surface area contributed by atoms with Gasteiger partial charge in [-0.25, -0.2) is 4.57 Å². The molecule has 0 aliphatic carbocycles. The topological polar surface area (TPSA) is 111 Å². The fourth-order valence-corrected chi connectivity index (χ4v) is 8.69. The van der Waals surface area contributed by atoms with Crippen LogP contribution in [0.4, 0.5) is 0 Å². The van der Waals surface area contributed by atoms with E-state index in [2.05, 4.69) is 105 Å². The van der Waals surface area contributed by atoms with Crippen molar-refractivity contribution in [3.05, 3.63) is 97.2 Å². The van der Waals surface area contributed by atoms with Crippen LogP contribution in [0.15, 0.2) is 97.2 Å². The van der Waals surface area contributed by atoms with Gasteiger partial charge in [0.05, 0.1) is 33.8 Å². The second kappa shape index (κ2) is 52.4. The van der Waals surface area contributed by atoms with Crippen LogP contribution in [0.5, 0.6) is 0 Å². The fraction of sp³-hybridized carbons (Fsp3) is 0.714. The molecule has 0 spiro atoms. The quantitative estimate of drug-likeness (QED) is 0.0205. The van der Waals surface area contributed by atoms with E-state index in [9.17, 15) is 19.0 Å². The highest BCUT2D eigenvalue weighted by Crippen LogP contribution is 2.43. The Morgan fingerprint density at radius 2 is 0.890 bits per heavy atom. The van der Waals surface area contributed by atoms with Crippen molar-refractivity contribution < 1.29 is 37.3 Å². The smallest absolute Gasteiger partial charge is 0.456 e. The molecular weight excluding hydrogens is 928 g/mol. The van der Waals surface area contributed by atoms with E-state index in [0.29, 0.717) is 17.4 Å². The lowest BCUT2D eigenvalue weighted by atomic mass is 10.0. The van der Waals surface area contributed by atoms with Crippen LogP contribution in [0.3, 0.4) is 0 Å². The third-order valence-electron chi connectivity index (χ3n) is 12.5. The fourth-order valence-electron chi connectivity index (χ4n) is 7.96. The number of likely N-dealkylation sites (N-methyl/N-ethyl adjacent to an activating group) is 1. The van der Waals surface area contributed by atoms with E-state index in [-0.39, 0.29) is 37.9 Å². The number of carbonyl (C=O) groups excluding carboxylic acids is 2. The van der Waals surface area contributed by atoms with E-state index in [0.717, 1.165) is 89.9 Å². The number of ether oxygens (including phenoxy) is 1. The summed E-state index contributed by atoms with van der Waals surface area (Å²) in [6.45, 7) is 6.82. The number of phosphoric acid groups is 1. The summed E-state index contributed by atoms with van der Waals surface area (Å²) in [5, 5.41) is 3.00. The molecule has 0 saturated heterocycles. The van der Waals surface area contributed by atoms with Crippen molar-refractivity contribution in [1.82, 2.24) is 5.32 Å². The number of nitrogens with one attached hydrogen (secondary N) is 1. The van der Waals surface area contributed by atoms with E-state index in [1.165, 1.54) is 109 Å². The highest BCUT2D eigenvalue weighted by molar-refractivity contribution is 7.47. The third kappa shape index (κ3) is 53.6. The first kappa shape index (κ1) is 69.9. The first-order valence-electron chi connectivity index (χ1n) is 29.6. The van der Waals surface area contributed by atoms with Gasteiger partial charge in [-0.3, -0.25) is 18.6 Å². The molecule has 0 saturated carbocycles. The number of nitrogens with zero attached hydrogens (tertiary/aromatic N) is 1. The Kier molecular flexibility index (Phi) is 50.2. The van der Waals surface area contributed by atoms with Crippen molar-refractivity contribution in [2.45, 2.75) is 251 Å². The zero-order valence-corrected chi connectivity index (χ0v) is 48.7. The second-order valence-electron chi connectivity index (χ2n) is 20.8. The van der Waals surface area contributed by atoms with Crippen LogP contribution in [-0.2, 0) is 27.9 Å². The predicted octanol–water partition coefficient (Wildman–Crippen LogP) is 18.0. The monoisotopic (exact) mass is 1040 g/mol. The lowest BCUT2D eigenvalue weighted by Crippen LogP contribution is -2.47. The van der Waals surface area contributed by atoms with Crippen LogP contribution in [0.1, 0.15) is 239 Å². The van der Waals surface area contributed by atoms with Crippen molar-refractivity contribution in [2.75, 3.05) is 40.9 Å². The Morgan fingerprint density at radius 3 is 1.36 bits per heavy atom. The summed E-state index contributed by atoms with van der Waals surface area (Å²) >= 11 is 0. The molecule has 1 amide bonds. The molecule has 0 rings (SSSR count). The average Bonchev–Trinajstić information content (AvgIpc) is 3.35. The molecule has 10 heteroatoms. The van der Waals surface area contributed by atoms with E-state index in [1.54, 1.807) is 0 Å². The molecule has 0 aromatic carbocycles. The molecular formula is C63H112N2O7P+. The van der Waals surface area contributed by atoms with Gasteiger partial charge in [-0.05, 0) is 96.0 Å². The normalized spacial score (nSPS) is 14.5. The van der Waals surface area contributed by atoms with Crippen LogP contribution < -0.4 is 5.32 Å². The number of rotatable bonds is 52. The summed E-state index contributed by atoms with van der Waals surface area (Å²) in [4.78, 5) is 37.6. The molecule has 0 aromatic heterocycles. The molecule has 0 aliphatic heterocycles. The Labute approximate surface area is 449 Å². The van der Waals surface area contributed by atoms with E-state index in [4.69, 9.17) is 13.8 Å². The van der Waals surface area contributed by atoms with Gasteiger partial charge in [-0.1, -0.05) is 227 Å². The first-order chi connectivity index (χ1) is 35.4. The summed E-state index contributed by atoms with van der Waals surface area (Å²) in [5.41, 5.74) is 0. The Bertz CT molecular complexity index is 1570. The van der Waals surface area contributed by atoms with Crippen molar-refractivity contribution in [2.24, 2.45) is 0 Å². The minimum Gasteiger partial charge on any atom is -0.456 e. The van der Waals surface area contributed by atoms with Crippen LogP contribution in [0, 0.1) is 0 Å². The van der Waals surface area contributed by atoms with Crippen LogP contribution in [0.25, 0.3) is 0 Å². The maximum atomic E-state index is 13.5. The van der Waals surface area contributed by atoms with E-state index in [1.807, 2.05) is 39.4 Å². The number of hydrogen-bond donors (Lipinski definition) is 2. The standard InChI is InChI=1S/C63H111N2O7P/c1-7-10-13-16-19-22-25-28-30-31-32-33-35-37-40-43-46-49-52-55-62(66)64-60(59-71-73(68,69)70-58-57-65(4,5)6)61(54-51-48-45-42-39-36-27-24-21-18-15-12-9-3)72-63(67)56-53-50-47-44-41-38-34-29-26-23-20-17-14-11-8-2/h10,13,19,22-23,26,28,30,32-33,37,40,46,49,51,54,60-61H,7-9,11-12,14-18,20-21,24-25,27,29,31,34-36,38-39,41-45,47-48,50,52-53,55-59H2,1-6H3,(H-,64,66,68,69)/p+1/b13-10-,22-19-,26-23-,30-28-,33-32-,40-37-,49-46-,54-51-. The summed E-state index contributed by atoms with van der Waals surface area (Å²) in [6, 6.07) is -0.895. The summed E-state index contributed by atoms with van der Waals surface area (Å²) in [7, 11) is 1.44. The molecule has 0 fully saturated rings. The second-order valence-corrected chi connectivity index (χ2v) is 22.2. The molecule has 9 nitrogen and oxygen atoms in total. The average molecular weight is 1040 g/mol. The number of phosphoric ester groups is 1. The Balaban J connectivity index is 5.48. The number of esters is 1. The van der Waals surface area contributed by atoms with Crippen molar-refractivity contribution >= 4 is 19.7 Å². The maximum Gasteiger partial charge on any atom is 0.472 e. The van der Waals surface area contributed by atoms with Gasteiger partial charge < -0.3 is 19.4 Å². The zero-order valence-electron chi connectivity index (χ0n) is 47.8. The molecule has 0 radical (unpaired) electrons. The van der Waals surface area contributed by atoms with Crippen LogP contribution >= 0.6 is 7.82 Å². The summed E-state index contributed by atoms with van der Waals surface area (Å²) < 4.78 is 30.6. The first-order valence-corrected chi connectivity index (χ1v) is 31.1. The highest BCUT2D eigenvalue weighted by Gasteiger charge is 2.30. The molecule has 73 heavy (non-hydrogen) atoms. The zero-order chi connectivity index (χ0) is 53.6. The molecule has 3 atom stereocenters. The summed E-state index contributed by atoms with van der Waals surface area (Å²) in [5.74, 6) is -0.612. The molecule has 420 valence electrons. The van der Waals surface area contributed by atoms with Gasteiger partial charge >= 0.3 is 13.8 Å². The highest BCUT2D eigenvalue weighted by atomic mass is 31.2. The van der Waals surface area contributed by atoms with Gasteiger partial charge in [-0.15, -0.1) is 0 Å². The Hall–Kier alpha value is -3.07. The molecule has 0 aromatic rings. The largest absolute Gasteiger partial charge is 0.472 e. The van der Waals surface area contributed by atoms with Gasteiger partial charge in [0.15, 0.2) is 0 Å².